The van der Waals surface area contributed by atoms with E-state index in [9.17, 15) is 38.4 Å². The second-order valence-electron chi connectivity index (χ2n) is 4.34. The molecule has 0 aliphatic carbocycles. The average molecular weight is 568 g/mol. The Hall–Kier alpha value is 1.60. The molecule has 0 aromatic carbocycles. The standard InChI is InChI=1S/4C4H6O3.4Ar/c4*1-3(5)7-4(2)6;;;;/h4*1-2H3;;;;. The van der Waals surface area contributed by atoms with Gasteiger partial charge in [0, 0.05) is 206 Å². The molecule has 0 bridgehead atoms. The molecule has 0 unspecified atom stereocenters. The van der Waals surface area contributed by atoms with Gasteiger partial charge in [0.15, 0.2) is 0 Å². The molecular formula is C16H24Ar4O12. The molecule has 0 aliphatic rings. The smallest absolute Gasteiger partial charge is 0.310 e. The summed E-state index contributed by atoms with van der Waals surface area (Å²) in [5.74, 6) is -4.50. The van der Waals surface area contributed by atoms with Crippen molar-refractivity contribution >= 4 is 47.8 Å². The Kier molecular flexibility index (Phi) is 63.3. The first-order chi connectivity index (χ1) is 12.5. The molecule has 0 atom stereocenters. The quantitative estimate of drug-likeness (QED) is 0.224. The Morgan fingerprint density at radius 1 is 0.281 bits per heavy atom. The molecule has 16 heteroatoms. The number of ether oxygens (including phenoxy) is 4. The Balaban J connectivity index is -0.0000000384. The van der Waals surface area contributed by atoms with Gasteiger partial charge in [-0.2, -0.15) is 0 Å². The molecule has 0 aromatic heterocycles. The summed E-state index contributed by atoms with van der Waals surface area (Å²) in [5.41, 5.74) is 0. The predicted octanol–water partition coefficient (Wildman–Crippen LogP) is 0.384. The topological polar surface area (TPSA) is 173 Å². The predicted molar refractivity (Wildman–Crippen MR) is 89.8 cm³/mol. The number of esters is 8. The van der Waals surface area contributed by atoms with Crippen molar-refractivity contribution in [1.82, 2.24) is 0 Å². The van der Waals surface area contributed by atoms with Crippen molar-refractivity contribution in [1.29, 1.82) is 0 Å². The van der Waals surface area contributed by atoms with Crippen LogP contribution < -0.4 is 0 Å². The molecule has 0 heterocycles. The zero-order valence-electron chi connectivity index (χ0n) is 18.3. The molecule has 0 fully saturated rings. The third-order valence-electron chi connectivity index (χ3n) is 1.15. The average Bonchev–Trinajstić information content (AvgIpc) is 2.32. The number of carbonyl (C=O) groups excluding carboxylic acids is 8. The first kappa shape index (κ1) is 54.5. The van der Waals surface area contributed by atoms with Crippen LogP contribution in [0.2, 0.25) is 0 Å². The van der Waals surface area contributed by atoms with Crippen LogP contribution in [0.1, 0.15) is 55.4 Å². The van der Waals surface area contributed by atoms with E-state index >= 15 is 0 Å². The van der Waals surface area contributed by atoms with Gasteiger partial charge in [-0.3, -0.25) is 38.4 Å². The molecule has 0 rings (SSSR count). The van der Waals surface area contributed by atoms with Crippen molar-refractivity contribution in [3.63, 3.8) is 0 Å². The summed E-state index contributed by atoms with van der Waals surface area (Å²) in [6.07, 6.45) is 0. The van der Waals surface area contributed by atoms with Crippen molar-refractivity contribution in [3.05, 3.63) is 0 Å². The zero-order valence-corrected chi connectivity index (χ0v) is 21.1. The van der Waals surface area contributed by atoms with Gasteiger partial charge in [-0.05, 0) is 0 Å². The number of hydrogen-bond acceptors (Lipinski definition) is 12. The summed E-state index contributed by atoms with van der Waals surface area (Å²) >= 11 is 0. The van der Waals surface area contributed by atoms with Crippen molar-refractivity contribution in [2.45, 2.75) is 55.4 Å². The molecule has 192 valence electrons. The van der Waals surface area contributed by atoms with Crippen LogP contribution in [0.3, 0.4) is 0 Å². The van der Waals surface area contributed by atoms with Crippen LogP contribution in [0.15, 0.2) is 0 Å². The number of rotatable bonds is 0. The normalized spacial score (nSPS) is 6.75. The first-order valence-electron chi connectivity index (χ1n) is 7.27. The van der Waals surface area contributed by atoms with Gasteiger partial charge < -0.3 is 18.9 Å². The molecule has 0 amide bonds. The minimum Gasteiger partial charge on any atom is -0.394 e. The molecule has 0 aliphatic heterocycles. The summed E-state index contributed by atoms with van der Waals surface area (Å²) in [6, 6.07) is 0. The molecule has 0 spiro atoms. The van der Waals surface area contributed by atoms with E-state index in [1.807, 2.05) is 0 Å². The van der Waals surface area contributed by atoms with Crippen molar-refractivity contribution in [3.8, 4) is 0 Å². The second-order valence-corrected chi connectivity index (χ2v) is 4.34. The fourth-order valence-corrected chi connectivity index (χ4v) is 0.810. The molecule has 0 N–H and O–H groups in total. The van der Waals surface area contributed by atoms with Crippen LogP contribution in [0.4, 0.5) is 0 Å². The third kappa shape index (κ3) is 95.5. The van der Waals surface area contributed by atoms with Gasteiger partial charge in [-0.25, -0.2) is 0 Å². The maximum atomic E-state index is 9.81. The molecular weight excluding hydrogens is 544 g/mol. The van der Waals surface area contributed by atoms with Gasteiger partial charge >= 0.3 is 47.8 Å². The van der Waals surface area contributed by atoms with E-state index in [2.05, 4.69) is 18.9 Å². The SMILES string of the molecule is CC(=O)OC(C)=O.CC(=O)OC(C)=O.CC(=O)OC(C)=O.CC(=O)OC(C)=O.[Ar].[Ar].[Ar].[Ar]. The van der Waals surface area contributed by atoms with E-state index in [1.165, 1.54) is 55.4 Å². The Labute approximate surface area is 305 Å². The van der Waals surface area contributed by atoms with Crippen LogP contribution in [0.25, 0.3) is 0 Å². The number of carbonyl (C=O) groups is 8. The number of hydrogen-bond donors (Lipinski definition) is 0. The van der Waals surface area contributed by atoms with E-state index in [-0.39, 0.29) is 151 Å². The van der Waals surface area contributed by atoms with Gasteiger partial charge in [0.1, 0.15) is 0 Å². The molecule has 32 heavy (non-hydrogen) atoms. The second kappa shape index (κ2) is 37.2. The van der Waals surface area contributed by atoms with Crippen LogP contribution >= 0.6 is 0 Å². The van der Waals surface area contributed by atoms with Gasteiger partial charge in [-0.15, -0.1) is 0 Å². The third-order valence-corrected chi connectivity index (χ3v) is 1.15. The molecule has 0 radical (unpaired) electrons. The van der Waals surface area contributed by atoms with E-state index < -0.39 is 47.8 Å². The van der Waals surface area contributed by atoms with E-state index in [0.29, 0.717) is 0 Å². The maximum Gasteiger partial charge on any atom is 0.310 e. The first-order valence-corrected chi connectivity index (χ1v) is 7.27. The molecule has 0 aromatic rings. The zero-order chi connectivity index (χ0) is 23.4. The minimum absolute atomic E-state index is 0. The van der Waals surface area contributed by atoms with Gasteiger partial charge in [-0.1, -0.05) is 0 Å². The van der Waals surface area contributed by atoms with Crippen molar-refractivity contribution in [2.75, 3.05) is 0 Å². The summed E-state index contributed by atoms with van der Waals surface area (Å²) in [4.78, 5) is 78.5. The molecule has 0 saturated carbocycles. The Morgan fingerprint density at radius 2 is 0.344 bits per heavy atom. The largest absolute Gasteiger partial charge is 0.394 e. The Bertz CT molecular complexity index is 454. The molecule has 0 saturated heterocycles. The van der Waals surface area contributed by atoms with Crippen LogP contribution in [0, 0.1) is 151 Å². The van der Waals surface area contributed by atoms with Gasteiger partial charge in [0.2, 0.25) is 0 Å². The van der Waals surface area contributed by atoms with Crippen molar-refractivity contribution in [2.24, 2.45) is 0 Å². The van der Waals surface area contributed by atoms with Crippen LogP contribution in [-0.2, 0) is 57.3 Å². The summed E-state index contributed by atoms with van der Waals surface area (Å²) in [7, 11) is 0. The monoisotopic (exact) mass is 568 g/mol. The summed E-state index contributed by atoms with van der Waals surface area (Å²) in [6.45, 7) is 9.46. The van der Waals surface area contributed by atoms with E-state index in [4.69, 9.17) is 0 Å². The van der Waals surface area contributed by atoms with E-state index in [1.54, 1.807) is 0 Å². The Morgan fingerprint density at radius 3 is 0.344 bits per heavy atom. The van der Waals surface area contributed by atoms with Crippen LogP contribution in [0.5, 0.6) is 0 Å². The van der Waals surface area contributed by atoms with Gasteiger partial charge in [0.05, 0.1) is 0 Å². The van der Waals surface area contributed by atoms with Crippen LogP contribution in [-0.4, -0.2) is 47.8 Å². The fraction of sp³-hybridized carbons (Fsp3) is 0.500. The maximum absolute atomic E-state index is 9.81. The summed E-state index contributed by atoms with van der Waals surface area (Å²) < 4.78 is 15.9. The van der Waals surface area contributed by atoms with Gasteiger partial charge in [0.25, 0.3) is 0 Å². The summed E-state index contributed by atoms with van der Waals surface area (Å²) in [5, 5.41) is 0. The van der Waals surface area contributed by atoms with E-state index in [0.717, 1.165) is 0 Å². The van der Waals surface area contributed by atoms with Crippen molar-refractivity contribution < 1.29 is 208 Å². The minimum atomic E-state index is -0.562. The fourth-order valence-electron chi connectivity index (χ4n) is 0.810. The molecule has 12 nitrogen and oxygen atoms in total.